The van der Waals surface area contributed by atoms with Gasteiger partial charge in [0.1, 0.15) is 0 Å². The Morgan fingerprint density at radius 3 is 1.67 bits per heavy atom. The zero-order chi connectivity index (χ0) is 14.3. The molecular weight excluding hydrogens is 276 g/mol. The summed E-state index contributed by atoms with van der Waals surface area (Å²) in [6.07, 6.45) is -10.2. The van der Waals surface area contributed by atoms with E-state index in [0.717, 1.165) is 0 Å². The molecule has 1 rings (SSSR count). The predicted octanol–water partition coefficient (Wildman–Crippen LogP) is 3.88. The lowest BCUT2D eigenvalue weighted by Crippen LogP contribution is -2.40. The number of phenols is 1. The van der Waals surface area contributed by atoms with Crippen molar-refractivity contribution in [2.24, 2.45) is 0 Å². The Hall–Kier alpha value is -1.54. The Morgan fingerprint density at radius 1 is 0.944 bits per heavy atom. The Labute approximate surface area is 94.6 Å². The molecule has 9 heteroatoms. The summed E-state index contributed by atoms with van der Waals surface area (Å²) in [7, 11) is 0. The van der Waals surface area contributed by atoms with E-state index in [-0.39, 0.29) is 12.1 Å². The molecule has 0 amide bonds. The second-order valence-corrected chi connectivity index (χ2v) is 3.32. The van der Waals surface area contributed by atoms with Gasteiger partial charge in [0.05, 0.1) is 0 Å². The van der Waals surface area contributed by atoms with Crippen molar-refractivity contribution in [2.45, 2.75) is 18.3 Å². The van der Waals surface area contributed by atoms with Gasteiger partial charge >= 0.3 is 12.1 Å². The summed E-state index contributed by atoms with van der Waals surface area (Å²) >= 11 is 0. The van der Waals surface area contributed by atoms with Crippen LogP contribution in [0.5, 0.6) is 5.75 Å². The lowest BCUT2D eigenvalue weighted by atomic mass is 10.0. The minimum absolute atomic E-state index is 0.136. The van der Waals surface area contributed by atoms with Gasteiger partial charge in [-0.15, -0.1) is 0 Å². The Bertz CT molecular complexity index is 429. The summed E-state index contributed by atoms with van der Waals surface area (Å²) in [5, 5.41) is 8.59. The minimum atomic E-state index is -6.21. The molecule has 0 aliphatic heterocycles. The van der Waals surface area contributed by atoms with E-state index in [1.165, 1.54) is 0 Å². The number of aromatic hydroxyl groups is 1. The summed E-state index contributed by atoms with van der Waals surface area (Å²) < 4.78 is 99.0. The van der Waals surface area contributed by atoms with Gasteiger partial charge in [-0.2, -0.15) is 22.0 Å². The topological polar surface area (TPSA) is 20.2 Å². The van der Waals surface area contributed by atoms with Crippen LogP contribution >= 0.6 is 0 Å². The second-order valence-electron chi connectivity index (χ2n) is 3.32. The van der Waals surface area contributed by atoms with Crippen LogP contribution in [0.4, 0.5) is 35.1 Å². The van der Waals surface area contributed by atoms with E-state index >= 15 is 0 Å². The van der Waals surface area contributed by atoms with Gasteiger partial charge in [0, 0.05) is 0 Å². The summed E-state index contributed by atoms with van der Waals surface area (Å²) in [4.78, 5) is 0. The second kappa shape index (κ2) is 4.29. The lowest BCUT2D eigenvalue weighted by molar-refractivity contribution is -0.305. The van der Waals surface area contributed by atoms with Crippen molar-refractivity contribution >= 4 is 0 Å². The highest BCUT2D eigenvalue weighted by atomic mass is 19.4. The molecule has 0 aromatic heterocycles. The molecule has 1 unspecified atom stereocenters. The molecule has 0 spiro atoms. The summed E-state index contributed by atoms with van der Waals surface area (Å²) in [5.74, 6) is -11.1. The van der Waals surface area contributed by atoms with Crippen molar-refractivity contribution in [3.05, 3.63) is 29.3 Å². The third kappa shape index (κ3) is 2.34. The first-order chi connectivity index (χ1) is 7.98. The Morgan fingerprint density at radius 2 is 1.33 bits per heavy atom. The number of benzene rings is 1. The number of hydrogen-bond donors (Lipinski definition) is 1. The van der Waals surface area contributed by atoms with Crippen LogP contribution in [0.2, 0.25) is 0 Å². The maximum Gasteiger partial charge on any atom is 0.456 e. The number of phenolic OH excluding ortho intramolecular Hbond substituents is 1. The molecule has 0 aliphatic rings. The molecule has 1 aromatic carbocycles. The zero-order valence-electron chi connectivity index (χ0n) is 8.20. The molecule has 0 heterocycles. The van der Waals surface area contributed by atoms with Gasteiger partial charge in [-0.1, -0.05) is 0 Å². The van der Waals surface area contributed by atoms with Crippen molar-refractivity contribution in [1.82, 2.24) is 0 Å². The van der Waals surface area contributed by atoms with Crippen LogP contribution in [0, 0.1) is 11.6 Å². The molecule has 1 N–H and O–H groups in total. The van der Waals surface area contributed by atoms with E-state index in [1.807, 2.05) is 0 Å². The molecule has 1 atom stereocenters. The molecule has 0 bridgehead atoms. The van der Waals surface area contributed by atoms with Crippen LogP contribution in [0.3, 0.4) is 0 Å². The van der Waals surface area contributed by atoms with E-state index in [4.69, 9.17) is 5.11 Å². The van der Waals surface area contributed by atoms with Gasteiger partial charge in [-0.05, 0) is 17.7 Å². The highest BCUT2D eigenvalue weighted by Crippen LogP contribution is 2.47. The first-order valence-electron chi connectivity index (χ1n) is 4.25. The monoisotopic (exact) mass is 280 g/mol. The summed E-state index contributed by atoms with van der Waals surface area (Å²) in [6.45, 7) is 0. The van der Waals surface area contributed by atoms with Gasteiger partial charge < -0.3 is 5.11 Å². The zero-order valence-corrected chi connectivity index (χ0v) is 8.20. The molecule has 1 nitrogen and oxygen atoms in total. The van der Waals surface area contributed by atoms with Gasteiger partial charge in [0.2, 0.25) is 0 Å². The minimum Gasteiger partial charge on any atom is -0.503 e. The van der Waals surface area contributed by atoms with E-state index in [1.54, 1.807) is 0 Å². The quantitative estimate of drug-likeness (QED) is 0.815. The predicted molar refractivity (Wildman–Crippen MR) is 42.9 cm³/mol. The van der Waals surface area contributed by atoms with Gasteiger partial charge in [0.15, 0.2) is 23.6 Å². The molecule has 0 radical (unpaired) electrons. The van der Waals surface area contributed by atoms with Crippen LogP contribution in [-0.2, 0) is 0 Å². The van der Waals surface area contributed by atoms with Gasteiger partial charge in [0.25, 0.3) is 0 Å². The van der Waals surface area contributed by atoms with Crippen LogP contribution in [0.15, 0.2) is 12.1 Å². The van der Waals surface area contributed by atoms with Crippen LogP contribution in [0.25, 0.3) is 0 Å². The van der Waals surface area contributed by atoms with E-state index in [0.29, 0.717) is 0 Å². The largest absolute Gasteiger partial charge is 0.503 e. The summed E-state index contributed by atoms with van der Waals surface area (Å²) in [6, 6.07) is -0.272. The smallest absolute Gasteiger partial charge is 0.456 e. The van der Waals surface area contributed by atoms with E-state index in [9.17, 15) is 35.1 Å². The average Bonchev–Trinajstić information content (AvgIpc) is 2.22. The Balaban J connectivity index is 3.24. The van der Waals surface area contributed by atoms with Crippen molar-refractivity contribution in [1.29, 1.82) is 0 Å². The van der Waals surface area contributed by atoms with Crippen LogP contribution in [-0.4, -0.2) is 17.2 Å². The molecule has 0 aliphatic carbocycles. The van der Waals surface area contributed by atoms with Gasteiger partial charge in [-0.3, -0.25) is 0 Å². The van der Waals surface area contributed by atoms with Crippen molar-refractivity contribution in [3.8, 4) is 5.75 Å². The van der Waals surface area contributed by atoms with Crippen molar-refractivity contribution in [2.75, 3.05) is 0 Å². The molecule has 18 heavy (non-hydrogen) atoms. The average molecular weight is 280 g/mol. The third-order valence-corrected chi connectivity index (χ3v) is 2.03. The van der Waals surface area contributed by atoms with Crippen molar-refractivity contribution < 1.29 is 40.2 Å². The standard InChI is InChI=1S/C9H4F8O/c10-4-1-3(2-5(11)6(4)18)7(12)8(13,14)9(15,16)17/h1-2,7,18H. The fraction of sp³-hybridized carbons (Fsp3) is 0.333. The van der Waals surface area contributed by atoms with Crippen LogP contribution in [0.1, 0.15) is 11.7 Å². The number of hydrogen-bond acceptors (Lipinski definition) is 1. The molecular formula is C9H4F8O. The molecule has 0 saturated heterocycles. The van der Waals surface area contributed by atoms with Gasteiger partial charge in [-0.25, -0.2) is 13.2 Å². The van der Waals surface area contributed by atoms with Crippen molar-refractivity contribution in [3.63, 3.8) is 0 Å². The third-order valence-electron chi connectivity index (χ3n) is 2.03. The highest BCUT2D eigenvalue weighted by Gasteiger charge is 2.63. The lowest BCUT2D eigenvalue weighted by Gasteiger charge is -2.23. The molecule has 102 valence electrons. The number of rotatable bonds is 2. The van der Waals surface area contributed by atoms with E-state index < -0.39 is 41.2 Å². The van der Waals surface area contributed by atoms with Crippen LogP contribution < -0.4 is 0 Å². The normalized spacial score (nSPS) is 14.7. The first kappa shape index (κ1) is 14.5. The SMILES string of the molecule is Oc1c(F)cc(C(F)C(F)(F)C(F)(F)F)cc1F. The molecule has 0 fully saturated rings. The first-order valence-corrected chi connectivity index (χ1v) is 4.25. The molecule has 0 saturated carbocycles. The maximum atomic E-state index is 13.0. The van der Waals surface area contributed by atoms with E-state index in [2.05, 4.69) is 0 Å². The Kier molecular flexibility index (Phi) is 3.46. The summed E-state index contributed by atoms with van der Waals surface area (Å²) in [5.41, 5.74) is -1.56. The molecule has 1 aromatic rings. The highest BCUT2D eigenvalue weighted by molar-refractivity contribution is 5.32. The fourth-order valence-corrected chi connectivity index (χ4v) is 1.08. The number of alkyl halides is 6. The fourth-order valence-electron chi connectivity index (χ4n) is 1.08. The number of halogens is 8. The maximum absolute atomic E-state index is 13.0.